The molecule has 6 heteroatoms. The number of carbonyl (C=O) groups is 1. The first-order valence-electron chi connectivity index (χ1n) is 10.1. The second-order valence-corrected chi connectivity index (χ2v) is 9.58. The van der Waals surface area contributed by atoms with Gasteiger partial charge in [-0.05, 0) is 36.1 Å². The van der Waals surface area contributed by atoms with Gasteiger partial charge in [0.15, 0.2) is 0 Å². The summed E-state index contributed by atoms with van der Waals surface area (Å²) in [6.45, 7) is 12.5. The van der Waals surface area contributed by atoms with E-state index in [1.54, 1.807) is 11.3 Å². The lowest BCUT2D eigenvalue weighted by Gasteiger charge is -2.16. The van der Waals surface area contributed by atoms with Crippen molar-refractivity contribution in [3.8, 4) is 11.4 Å². The van der Waals surface area contributed by atoms with Crippen molar-refractivity contribution in [3.05, 3.63) is 62.9 Å². The highest BCUT2D eigenvalue weighted by Gasteiger charge is 2.16. The smallest absolute Gasteiger partial charge is 0.302 e. The van der Waals surface area contributed by atoms with E-state index in [9.17, 15) is 4.79 Å². The van der Waals surface area contributed by atoms with Crippen molar-refractivity contribution in [1.29, 1.82) is 0 Å². The third-order valence-corrected chi connectivity index (χ3v) is 5.90. The molecule has 1 aromatic carbocycles. The van der Waals surface area contributed by atoms with Gasteiger partial charge in [-0.3, -0.25) is 14.8 Å². The van der Waals surface area contributed by atoms with Crippen LogP contribution in [0.4, 0.5) is 0 Å². The van der Waals surface area contributed by atoms with Crippen molar-refractivity contribution in [2.75, 3.05) is 6.61 Å². The molecule has 0 saturated carbocycles. The van der Waals surface area contributed by atoms with Crippen LogP contribution in [0.1, 0.15) is 60.7 Å². The van der Waals surface area contributed by atoms with Gasteiger partial charge in [-0.1, -0.05) is 32.9 Å². The highest BCUT2D eigenvalue weighted by Crippen LogP contribution is 2.26. The number of hydrogen-bond donors (Lipinski definition) is 0. The van der Waals surface area contributed by atoms with Crippen LogP contribution in [0.3, 0.4) is 0 Å². The van der Waals surface area contributed by atoms with Crippen LogP contribution in [0.25, 0.3) is 11.4 Å². The molecular formula is C24H29N3O2S. The Morgan fingerprint density at radius 3 is 2.37 bits per heavy atom. The van der Waals surface area contributed by atoms with Crippen LogP contribution in [-0.4, -0.2) is 27.5 Å². The number of carbonyl (C=O) groups excluding carboxylic acids is 1. The molecule has 2 aromatic heterocycles. The fraction of sp³-hybridized carbons (Fsp3) is 0.417. The van der Waals surface area contributed by atoms with Crippen LogP contribution in [0.2, 0.25) is 0 Å². The normalized spacial score (nSPS) is 11.5. The number of ether oxygens (including phenoxy) is 1. The number of aryl methyl sites for hydroxylation is 2. The second-order valence-electron chi connectivity index (χ2n) is 8.64. The summed E-state index contributed by atoms with van der Waals surface area (Å²) in [4.78, 5) is 24.9. The van der Waals surface area contributed by atoms with E-state index in [4.69, 9.17) is 9.72 Å². The average molecular weight is 424 g/mol. The van der Waals surface area contributed by atoms with E-state index in [1.807, 2.05) is 17.8 Å². The standard InChI is InChI=1S/C24H29N3O2S/c1-15-10-19(16(2)9-18(15)7-8-29-17(3)28)11-23-27-21(14-30-23)20-12-26-22(13-25-20)24(4,5)6/h9-10,12-14H,7-8,11H2,1-6H3. The molecule has 0 bridgehead atoms. The lowest BCUT2D eigenvalue weighted by molar-refractivity contribution is -0.140. The van der Waals surface area contributed by atoms with Crippen molar-refractivity contribution in [3.63, 3.8) is 0 Å². The number of nitrogens with zero attached hydrogens (tertiary/aromatic N) is 3. The van der Waals surface area contributed by atoms with E-state index < -0.39 is 0 Å². The third kappa shape index (κ3) is 5.51. The van der Waals surface area contributed by atoms with Crippen molar-refractivity contribution >= 4 is 17.3 Å². The summed E-state index contributed by atoms with van der Waals surface area (Å²) < 4.78 is 5.08. The fourth-order valence-electron chi connectivity index (χ4n) is 3.22. The molecule has 0 saturated heterocycles. The van der Waals surface area contributed by atoms with Crippen LogP contribution in [0.15, 0.2) is 29.9 Å². The van der Waals surface area contributed by atoms with Crippen LogP contribution in [-0.2, 0) is 27.8 Å². The van der Waals surface area contributed by atoms with Gasteiger partial charge < -0.3 is 4.74 Å². The zero-order valence-electron chi connectivity index (χ0n) is 18.6. The number of thiazole rings is 1. The topological polar surface area (TPSA) is 65.0 Å². The predicted octanol–water partition coefficient (Wildman–Crippen LogP) is 5.21. The van der Waals surface area contributed by atoms with Crippen molar-refractivity contribution < 1.29 is 9.53 Å². The highest BCUT2D eigenvalue weighted by molar-refractivity contribution is 7.10. The summed E-state index contributed by atoms with van der Waals surface area (Å²) in [5, 5.41) is 3.10. The Morgan fingerprint density at radius 2 is 1.73 bits per heavy atom. The molecule has 0 fully saturated rings. The number of esters is 1. The maximum absolute atomic E-state index is 11.0. The number of aromatic nitrogens is 3. The Labute approximate surface area is 182 Å². The third-order valence-electron chi connectivity index (χ3n) is 5.05. The molecular weight excluding hydrogens is 394 g/mol. The summed E-state index contributed by atoms with van der Waals surface area (Å²) in [7, 11) is 0. The fourth-order valence-corrected chi connectivity index (χ4v) is 4.03. The minimum absolute atomic E-state index is 0.0154. The molecule has 0 aliphatic rings. The molecule has 30 heavy (non-hydrogen) atoms. The molecule has 3 aromatic rings. The number of hydrogen-bond acceptors (Lipinski definition) is 6. The highest BCUT2D eigenvalue weighted by atomic mass is 32.1. The van der Waals surface area contributed by atoms with E-state index in [2.05, 4.69) is 56.7 Å². The van der Waals surface area contributed by atoms with Crippen molar-refractivity contribution in [1.82, 2.24) is 15.0 Å². The van der Waals surface area contributed by atoms with Crippen molar-refractivity contribution in [2.24, 2.45) is 0 Å². The average Bonchev–Trinajstić information content (AvgIpc) is 3.13. The quantitative estimate of drug-likeness (QED) is 0.509. The molecule has 0 spiro atoms. The Hall–Kier alpha value is -2.60. The minimum atomic E-state index is -0.238. The Kier molecular flexibility index (Phi) is 6.66. The molecule has 0 N–H and O–H groups in total. The van der Waals surface area contributed by atoms with Gasteiger partial charge in [0.25, 0.3) is 0 Å². The zero-order valence-corrected chi connectivity index (χ0v) is 19.4. The molecule has 0 aliphatic carbocycles. The summed E-state index contributed by atoms with van der Waals surface area (Å²) >= 11 is 1.65. The molecule has 2 heterocycles. The summed E-state index contributed by atoms with van der Waals surface area (Å²) in [6.07, 6.45) is 5.18. The first-order valence-corrected chi connectivity index (χ1v) is 11.0. The SMILES string of the molecule is CC(=O)OCCc1cc(C)c(Cc2nc(-c3cnc(C(C)(C)C)cn3)cs2)cc1C. The minimum Gasteiger partial charge on any atom is -0.466 e. The Bertz CT molecular complexity index is 1030. The van der Waals surface area contributed by atoms with Crippen LogP contribution in [0, 0.1) is 13.8 Å². The monoisotopic (exact) mass is 423 g/mol. The maximum Gasteiger partial charge on any atom is 0.302 e. The first-order chi connectivity index (χ1) is 14.1. The summed E-state index contributed by atoms with van der Waals surface area (Å²) in [5.41, 5.74) is 7.55. The van der Waals surface area contributed by atoms with Gasteiger partial charge in [0.1, 0.15) is 11.4 Å². The summed E-state index contributed by atoms with van der Waals surface area (Å²) in [5.74, 6) is -0.238. The van der Waals surface area contributed by atoms with Gasteiger partial charge in [-0.2, -0.15) is 0 Å². The van der Waals surface area contributed by atoms with Gasteiger partial charge >= 0.3 is 5.97 Å². The molecule has 3 rings (SSSR count). The molecule has 0 radical (unpaired) electrons. The Balaban J connectivity index is 1.72. The molecule has 0 amide bonds. The molecule has 0 unspecified atom stereocenters. The molecule has 0 atom stereocenters. The van der Waals surface area contributed by atoms with Gasteiger partial charge in [0.05, 0.1) is 23.5 Å². The van der Waals surface area contributed by atoms with E-state index in [0.29, 0.717) is 6.61 Å². The van der Waals surface area contributed by atoms with Gasteiger partial charge in [0.2, 0.25) is 0 Å². The Morgan fingerprint density at radius 1 is 1.03 bits per heavy atom. The van der Waals surface area contributed by atoms with E-state index in [0.717, 1.165) is 34.9 Å². The molecule has 5 nitrogen and oxygen atoms in total. The van der Waals surface area contributed by atoms with Gasteiger partial charge in [0, 0.05) is 36.8 Å². The number of benzene rings is 1. The van der Waals surface area contributed by atoms with Gasteiger partial charge in [-0.15, -0.1) is 11.3 Å². The number of rotatable bonds is 6. The summed E-state index contributed by atoms with van der Waals surface area (Å²) in [6, 6.07) is 4.41. The van der Waals surface area contributed by atoms with Crippen LogP contribution < -0.4 is 0 Å². The van der Waals surface area contributed by atoms with E-state index in [-0.39, 0.29) is 11.4 Å². The predicted molar refractivity (Wildman–Crippen MR) is 121 cm³/mol. The first kappa shape index (κ1) is 22.1. The van der Waals surface area contributed by atoms with Crippen molar-refractivity contribution in [2.45, 2.75) is 59.8 Å². The lowest BCUT2D eigenvalue weighted by Crippen LogP contribution is -2.13. The lowest BCUT2D eigenvalue weighted by atomic mass is 9.93. The second kappa shape index (κ2) is 9.04. The van der Waals surface area contributed by atoms with E-state index >= 15 is 0 Å². The van der Waals surface area contributed by atoms with Gasteiger partial charge in [-0.25, -0.2) is 4.98 Å². The molecule has 0 aliphatic heterocycles. The van der Waals surface area contributed by atoms with E-state index in [1.165, 1.54) is 29.2 Å². The van der Waals surface area contributed by atoms with Crippen LogP contribution in [0.5, 0.6) is 0 Å². The van der Waals surface area contributed by atoms with Crippen LogP contribution >= 0.6 is 11.3 Å². The molecule has 158 valence electrons. The maximum atomic E-state index is 11.0. The zero-order chi connectivity index (χ0) is 21.9. The largest absolute Gasteiger partial charge is 0.466 e.